The smallest absolute Gasteiger partial charge is 0.252 e. The quantitative estimate of drug-likeness (QED) is 0.433. The highest BCUT2D eigenvalue weighted by Gasteiger charge is 2.02. The Morgan fingerprint density at radius 3 is 2.86 bits per heavy atom. The molecule has 3 heteroatoms. The first kappa shape index (κ1) is 10.7. The van der Waals surface area contributed by atoms with Gasteiger partial charge in [0.1, 0.15) is 0 Å². The van der Waals surface area contributed by atoms with E-state index in [2.05, 4.69) is 11.6 Å². The van der Waals surface area contributed by atoms with Crippen molar-refractivity contribution in [1.82, 2.24) is 4.98 Å². The Morgan fingerprint density at radius 1 is 1.64 bits per heavy atom. The molecule has 0 bridgehead atoms. The lowest BCUT2D eigenvalue weighted by Gasteiger charge is -1.99. The van der Waals surface area contributed by atoms with Gasteiger partial charge in [-0.15, -0.1) is 0 Å². The van der Waals surface area contributed by atoms with E-state index in [9.17, 15) is 4.79 Å². The summed E-state index contributed by atoms with van der Waals surface area (Å²) in [5, 5.41) is -0.511. The molecule has 0 spiro atoms. The highest BCUT2D eigenvalue weighted by atomic mass is 35.5. The fourth-order valence-corrected chi connectivity index (χ4v) is 1.14. The predicted molar refractivity (Wildman–Crippen MR) is 58.0 cm³/mol. The number of halogens is 1. The summed E-state index contributed by atoms with van der Waals surface area (Å²) in [6.07, 6.45) is 4.80. The molecule has 0 saturated heterocycles. The molecule has 0 aliphatic carbocycles. The van der Waals surface area contributed by atoms with Crippen LogP contribution in [0.15, 0.2) is 36.6 Å². The largest absolute Gasteiger partial charge is 0.276 e. The zero-order chi connectivity index (χ0) is 10.6. The van der Waals surface area contributed by atoms with Gasteiger partial charge in [-0.2, -0.15) is 0 Å². The first-order valence-electron chi connectivity index (χ1n) is 4.10. The highest BCUT2D eigenvalue weighted by molar-refractivity contribution is 6.68. The number of nitrogens with zero attached hydrogens (tertiary/aromatic N) is 1. The Morgan fingerprint density at radius 2 is 2.36 bits per heavy atom. The SMILES string of the molecule is C=C/C(=C\c1cccnc1C)C(=O)Cl. The van der Waals surface area contributed by atoms with Crippen molar-refractivity contribution in [3.05, 3.63) is 47.8 Å². The van der Waals surface area contributed by atoms with Crippen molar-refractivity contribution in [2.24, 2.45) is 0 Å². The number of allylic oxidation sites excluding steroid dienone is 2. The molecule has 0 amide bonds. The van der Waals surface area contributed by atoms with E-state index in [1.165, 1.54) is 6.08 Å². The fraction of sp³-hybridized carbons (Fsp3) is 0.0909. The number of hydrogen-bond acceptors (Lipinski definition) is 2. The molecule has 14 heavy (non-hydrogen) atoms. The number of hydrogen-bond donors (Lipinski definition) is 0. The maximum Gasteiger partial charge on any atom is 0.252 e. The van der Waals surface area contributed by atoms with E-state index in [1.54, 1.807) is 18.3 Å². The maximum atomic E-state index is 10.9. The predicted octanol–water partition coefficient (Wildman–Crippen LogP) is 2.72. The lowest BCUT2D eigenvalue weighted by Crippen LogP contribution is -1.91. The zero-order valence-corrected chi connectivity index (χ0v) is 8.58. The van der Waals surface area contributed by atoms with Gasteiger partial charge in [-0.05, 0) is 36.2 Å². The Balaban J connectivity index is 3.13. The number of aromatic nitrogens is 1. The van der Waals surface area contributed by atoms with Gasteiger partial charge >= 0.3 is 0 Å². The lowest BCUT2D eigenvalue weighted by atomic mass is 10.1. The second-order valence-electron chi connectivity index (χ2n) is 2.76. The van der Waals surface area contributed by atoms with Crippen LogP contribution in [0.4, 0.5) is 0 Å². The van der Waals surface area contributed by atoms with Crippen molar-refractivity contribution in [3.63, 3.8) is 0 Å². The summed E-state index contributed by atoms with van der Waals surface area (Å²) in [5.74, 6) is 0. The molecule has 0 fully saturated rings. The summed E-state index contributed by atoms with van der Waals surface area (Å²) in [5.41, 5.74) is 2.10. The van der Waals surface area contributed by atoms with Crippen molar-refractivity contribution in [2.45, 2.75) is 6.92 Å². The van der Waals surface area contributed by atoms with Crippen LogP contribution in [0.2, 0.25) is 0 Å². The van der Waals surface area contributed by atoms with Crippen LogP contribution in [0.3, 0.4) is 0 Å². The van der Waals surface area contributed by atoms with Crippen LogP contribution < -0.4 is 0 Å². The van der Waals surface area contributed by atoms with Gasteiger partial charge in [0.2, 0.25) is 0 Å². The number of rotatable bonds is 3. The van der Waals surface area contributed by atoms with Crippen LogP contribution >= 0.6 is 11.6 Å². The van der Waals surface area contributed by atoms with Gasteiger partial charge in [0.25, 0.3) is 5.24 Å². The van der Waals surface area contributed by atoms with Crippen LogP contribution in [0.1, 0.15) is 11.3 Å². The molecule has 0 atom stereocenters. The van der Waals surface area contributed by atoms with Gasteiger partial charge in [0, 0.05) is 17.5 Å². The van der Waals surface area contributed by atoms with Crippen LogP contribution in [-0.4, -0.2) is 10.2 Å². The number of carbonyl (C=O) groups is 1. The summed E-state index contributed by atoms with van der Waals surface area (Å²) < 4.78 is 0. The number of pyridine rings is 1. The summed E-state index contributed by atoms with van der Waals surface area (Å²) in [6, 6.07) is 3.67. The van der Waals surface area contributed by atoms with Crippen LogP contribution in [0.5, 0.6) is 0 Å². The fourth-order valence-electron chi connectivity index (χ4n) is 1.01. The number of carbonyl (C=O) groups excluding carboxylic acids is 1. The number of aryl methyl sites for hydroxylation is 1. The second kappa shape index (κ2) is 4.72. The van der Waals surface area contributed by atoms with E-state index in [0.29, 0.717) is 5.57 Å². The van der Waals surface area contributed by atoms with Crippen molar-refractivity contribution < 1.29 is 4.79 Å². The van der Waals surface area contributed by atoms with Crippen molar-refractivity contribution in [1.29, 1.82) is 0 Å². The van der Waals surface area contributed by atoms with E-state index in [0.717, 1.165) is 11.3 Å². The Labute approximate surface area is 87.9 Å². The summed E-state index contributed by atoms with van der Waals surface area (Å²) in [6.45, 7) is 5.38. The van der Waals surface area contributed by atoms with Gasteiger partial charge in [0.15, 0.2) is 0 Å². The molecule has 2 nitrogen and oxygen atoms in total. The van der Waals surface area contributed by atoms with Gasteiger partial charge in [0.05, 0.1) is 0 Å². The molecular formula is C11H10ClNO. The minimum absolute atomic E-state index is 0.378. The molecule has 1 aromatic heterocycles. The topological polar surface area (TPSA) is 30.0 Å². The van der Waals surface area contributed by atoms with E-state index < -0.39 is 5.24 Å². The Kier molecular flexibility index (Phi) is 3.60. The highest BCUT2D eigenvalue weighted by Crippen LogP contribution is 2.12. The lowest BCUT2D eigenvalue weighted by molar-refractivity contribution is -0.108. The third-order valence-corrected chi connectivity index (χ3v) is 2.02. The molecule has 72 valence electrons. The van der Waals surface area contributed by atoms with Crippen LogP contribution in [-0.2, 0) is 4.79 Å². The third kappa shape index (κ3) is 2.54. The van der Waals surface area contributed by atoms with Gasteiger partial charge < -0.3 is 0 Å². The van der Waals surface area contributed by atoms with Crippen molar-refractivity contribution >= 4 is 22.9 Å². The third-order valence-electron chi connectivity index (χ3n) is 1.81. The van der Waals surface area contributed by atoms with Gasteiger partial charge in [-0.25, -0.2) is 0 Å². The first-order valence-corrected chi connectivity index (χ1v) is 4.48. The molecule has 0 aliphatic heterocycles. The molecule has 1 rings (SSSR count). The molecule has 0 aliphatic rings. The van der Waals surface area contributed by atoms with E-state index in [1.807, 2.05) is 13.0 Å². The van der Waals surface area contributed by atoms with Crippen molar-refractivity contribution in [3.8, 4) is 0 Å². The summed E-state index contributed by atoms with van der Waals surface area (Å²) in [4.78, 5) is 15.0. The van der Waals surface area contributed by atoms with E-state index in [-0.39, 0.29) is 0 Å². The molecule has 1 aromatic rings. The minimum atomic E-state index is -0.511. The first-order chi connectivity index (χ1) is 6.65. The van der Waals surface area contributed by atoms with Crippen molar-refractivity contribution in [2.75, 3.05) is 0 Å². The van der Waals surface area contributed by atoms with E-state index in [4.69, 9.17) is 11.6 Å². The molecule has 0 unspecified atom stereocenters. The average Bonchev–Trinajstić information content (AvgIpc) is 2.16. The van der Waals surface area contributed by atoms with Gasteiger partial charge in [-0.3, -0.25) is 9.78 Å². The molecule has 0 aromatic carbocycles. The summed E-state index contributed by atoms with van der Waals surface area (Å²) >= 11 is 5.35. The normalized spacial score (nSPS) is 11.1. The van der Waals surface area contributed by atoms with Gasteiger partial charge in [-0.1, -0.05) is 18.7 Å². The van der Waals surface area contributed by atoms with Crippen LogP contribution in [0.25, 0.3) is 6.08 Å². The maximum absolute atomic E-state index is 10.9. The van der Waals surface area contributed by atoms with E-state index >= 15 is 0 Å². The zero-order valence-electron chi connectivity index (χ0n) is 7.83. The second-order valence-corrected chi connectivity index (χ2v) is 3.10. The molecule has 0 radical (unpaired) electrons. The minimum Gasteiger partial charge on any atom is -0.276 e. The van der Waals surface area contributed by atoms with Crippen LogP contribution in [0, 0.1) is 6.92 Å². The molecule has 0 N–H and O–H groups in total. The molecular weight excluding hydrogens is 198 g/mol. The monoisotopic (exact) mass is 207 g/mol. The molecule has 1 heterocycles. The molecule has 0 saturated carbocycles. The summed E-state index contributed by atoms with van der Waals surface area (Å²) in [7, 11) is 0. The average molecular weight is 208 g/mol. The standard InChI is InChI=1S/C11H10ClNO/c1-3-9(11(12)14)7-10-5-4-6-13-8(10)2/h3-7H,1H2,2H3/b9-7+. The Hall–Kier alpha value is -1.41. The Bertz CT molecular complexity index is 396.